The Morgan fingerprint density at radius 2 is 1.69 bits per heavy atom. The summed E-state index contributed by atoms with van der Waals surface area (Å²) in [5.41, 5.74) is 0. The average molecular weight is 411 g/mol. The maximum Gasteiger partial charge on any atom is 0.330 e. The van der Waals surface area contributed by atoms with Crippen LogP contribution in [0.25, 0.3) is 0 Å². The van der Waals surface area contributed by atoms with Gasteiger partial charge in [0.05, 0.1) is 13.2 Å². The average Bonchev–Trinajstić information content (AvgIpc) is 3.29. The van der Waals surface area contributed by atoms with E-state index in [-0.39, 0.29) is 0 Å². The van der Waals surface area contributed by atoms with Crippen LogP contribution in [-0.4, -0.2) is 60.3 Å². The smallest absolute Gasteiger partial charge is 0.330 e. The third-order valence-corrected chi connectivity index (χ3v) is 6.56. The predicted octanol–water partition coefficient (Wildman–Crippen LogP) is 2.99. The molecule has 0 aromatic heterocycles. The van der Waals surface area contributed by atoms with Gasteiger partial charge < -0.3 is 28.8 Å². The maximum atomic E-state index is 11.8. The van der Waals surface area contributed by atoms with E-state index in [1.807, 2.05) is 0 Å². The van der Waals surface area contributed by atoms with Gasteiger partial charge in [-0.25, -0.2) is 4.79 Å². The minimum Gasteiger partial charge on any atom is -0.463 e. The van der Waals surface area contributed by atoms with Crippen LogP contribution < -0.4 is 0 Å². The summed E-state index contributed by atoms with van der Waals surface area (Å²) < 4.78 is 29.8. The largest absolute Gasteiger partial charge is 0.463 e. The summed E-state index contributed by atoms with van der Waals surface area (Å²) in [6, 6.07) is 0. The maximum absolute atomic E-state index is 11.8. The van der Waals surface area contributed by atoms with Gasteiger partial charge in [-0.3, -0.25) is 0 Å². The second-order valence-corrected chi connectivity index (χ2v) is 8.68. The Kier molecular flexibility index (Phi) is 6.61. The Morgan fingerprint density at radius 3 is 2.34 bits per heavy atom. The zero-order valence-electron chi connectivity index (χ0n) is 17.3. The summed E-state index contributed by atoms with van der Waals surface area (Å²) in [5.74, 6) is -1.66. The van der Waals surface area contributed by atoms with Gasteiger partial charge in [-0.1, -0.05) is 12.8 Å². The molecule has 1 N–H and O–H groups in total. The van der Waals surface area contributed by atoms with E-state index in [2.05, 4.69) is 0 Å². The predicted molar refractivity (Wildman–Crippen MR) is 104 cm³/mol. The van der Waals surface area contributed by atoms with Crippen molar-refractivity contribution >= 4 is 5.97 Å². The van der Waals surface area contributed by atoms with Gasteiger partial charge >= 0.3 is 5.97 Å². The van der Waals surface area contributed by atoms with Crippen molar-refractivity contribution < 1.29 is 33.6 Å². The Morgan fingerprint density at radius 1 is 1.03 bits per heavy atom. The summed E-state index contributed by atoms with van der Waals surface area (Å²) in [6.45, 7) is 2.43. The van der Waals surface area contributed by atoms with E-state index in [0.717, 1.165) is 57.8 Å². The van der Waals surface area contributed by atoms with E-state index < -0.39 is 42.0 Å². The van der Waals surface area contributed by atoms with Crippen LogP contribution in [0.1, 0.15) is 71.1 Å². The number of hydrogen-bond acceptors (Lipinski definition) is 7. The lowest BCUT2D eigenvalue weighted by Crippen LogP contribution is -2.45. The van der Waals surface area contributed by atoms with Crippen LogP contribution in [0.2, 0.25) is 0 Å². The standard InChI is InChI=1S/C22H34O7/c1-2-25-18(23)10-9-16-20(29-22(27-16)13-7-4-8-14-22)19(24)17-15-26-21(28-17)11-5-3-6-12-21/h9-10,16-17,19-20,24H,2-8,11-15H2,1H3/b10-9+/t16-,17+,19-,20-/m0/s1. The SMILES string of the molecule is CCOC(=O)/C=C/[C@@H]1OC2(CCCCC2)O[C@@H]1[C@@H](O)[C@H]1COC2(CCCCC2)O1. The van der Waals surface area contributed by atoms with Crippen molar-refractivity contribution in [2.45, 2.75) is 107 Å². The Hall–Kier alpha value is -0.990. The van der Waals surface area contributed by atoms with Crippen LogP contribution in [-0.2, 0) is 28.5 Å². The number of ether oxygens (including phenoxy) is 5. The molecule has 4 atom stereocenters. The molecule has 0 unspecified atom stereocenters. The first kappa shape index (κ1) is 21.2. The lowest BCUT2D eigenvalue weighted by atomic mass is 9.94. The number of carbonyl (C=O) groups excluding carboxylic acids is 1. The number of esters is 1. The van der Waals surface area contributed by atoms with E-state index in [0.29, 0.717) is 13.2 Å². The molecule has 2 heterocycles. The van der Waals surface area contributed by atoms with Gasteiger partial charge in [0.15, 0.2) is 11.6 Å². The molecule has 2 saturated heterocycles. The topological polar surface area (TPSA) is 83.5 Å². The monoisotopic (exact) mass is 410 g/mol. The summed E-state index contributed by atoms with van der Waals surface area (Å²) in [6.07, 6.45) is 10.5. The highest BCUT2D eigenvalue weighted by molar-refractivity contribution is 5.81. The molecule has 2 saturated carbocycles. The second kappa shape index (κ2) is 9.02. The Labute approximate surface area is 172 Å². The molecule has 7 nitrogen and oxygen atoms in total. The molecule has 0 amide bonds. The van der Waals surface area contributed by atoms with Gasteiger partial charge in [-0.2, -0.15) is 0 Å². The van der Waals surface area contributed by atoms with Crippen molar-refractivity contribution in [2.24, 2.45) is 0 Å². The molecule has 4 rings (SSSR count). The molecule has 0 radical (unpaired) electrons. The summed E-state index contributed by atoms with van der Waals surface area (Å²) >= 11 is 0. The van der Waals surface area contributed by atoms with Gasteiger partial charge in [0, 0.05) is 31.8 Å². The highest BCUT2D eigenvalue weighted by Gasteiger charge is 2.53. The first-order chi connectivity index (χ1) is 14.0. The van der Waals surface area contributed by atoms with E-state index in [4.69, 9.17) is 23.7 Å². The summed E-state index contributed by atoms with van der Waals surface area (Å²) in [5, 5.41) is 11.2. The zero-order valence-corrected chi connectivity index (χ0v) is 17.3. The van der Waals surface area contributed by atoms with Crippen LogP contribution >= 0.6 is 0 Å². The number of aliphatic hydroxyl groups is 1. The van der Waals surface area contributed by atoms with Crippen molar-refractivity contribution in [1.82, 2.24) is 0 Å². The molecule has 29 heavy (non-hydrogen) atoms. The number of carbonyl (C=O) groups is 1. The fraction of sp³-hybridized carbons (Fsp3) is 0.864. The summed E-state index contributed by atoms with van der Waals surface area (Å²) in [4.78, 5) is 11.8. The van der Waals surface area contributed by atoms with E-state index >= 15 is 0 Å². The number of aliphatic hydroxyl groups excluding tert-OH is 1. The highest BCUT2D eigenvalue weighted by atomic mass is 16.8. The molecule has 2 aliphatic carbocycles. The minimum absolute atomic E-state index is 0.316. The van der Waals surface area contributed by atoms with Gasteiger partial charge in [0.25, 0.3) is 0 Å². The highest BCUT2D eigenvalue weighted by Crippen LogP contribution is 2.44. The lowest BCUT2D eigenvalue weighted by molar-refractivity contribution is -0.216. The van der Waals surface area contributed by atoms with Crippen molar-refractivity contribution in [2.75, 3.05) is 13.2 Å². The molecule has 4 fully saturated rings. The van der Waals surface area contributed by atoms with Crippen LogP contribution in [0.4, 0.5) is 0 Å². The van der Waals surface area contributed by atoms with E-state index in [1.54, 1.807) is 13.0 Å². The molecular formula is C22H34O7. The quantitative estimate of drug-likeness (QED) is 0.551. The fourth-order valence-electron chi connectivity index (χ4n) is 5.07. The van der Waals surface area contributed by atoms with Crippen molar-refractivity contribution in [1.29, 1.82) is 0 Å². The molecular weight excluding hydrogens is 376 g/mol. The third-order valence-electron chi connectivity index (χ3n) is 6.56. The minimum atomic E-state index is -0.894. The third kappa shape index (κ3) is 4.69. The van der Waals surface area contributed by atoms with Crippen LogP contribution in [0.3, 0.4) is 0 Å². The molecule has 2 aliphatic heterocycles. The van der Waals surface area contributed by atoms with Crippen molar-refractivity contribution in [3.05, 3.63) is 12.2 Å². The Bertz CT molecular complexity index is 592. The molecule has 4 aliphatic rings. The second-order valence-electron chi connectivity index (χ2n) is 8.68. The molecule has 0 aromatic rings. The first-order valence-electron chi connectivity index (χ1n) is 11.3. The van der Waals surface area contributed by atoms with Gasteiger partial charge in [0.1, 0.15) is 24.4 Å². The van der Waals surface area contributed by atoms with Crippen LogP contribution in [0.5, 0.6) is 0 Å². The van der Waals surface area contributed by atoms with Gasteiger partial charge in [0.2, 0.25) is 0 Å². The Balaban J connectivity index is 1.46. The molecule has 0 aromatic carbocycles. The van der Waals surface area contributed by atoms with Crippen LogP contribution in [0.15, 0.2) is 12.2 Å². The fourth-order valence-corrected chi connectivity index (χ4v) is 5.07. The van der Waals surface area contributed by atoms with Crippen LogP contribution in [0, 0.1) is 0 Å². The zero-order chi connectivity index (χ0) is 20.3. The van der Waals surface area contributed by atoms with Gasteiger partial charge in [-0.05, 0) is 38.7 Å². The van der Waals surface area contributed by atoms with Crippen molar-refractivity contribution in [3.8, 4) is 0 Å². The summed E-state index contributed by atoms with van der Waals surface area (Å²) in [7, 11) is 0. The molecule has 0 bridgehead atoms. The number of rotatable bonds is 5. The molecule has 2 spiro atoms. The van der Waals surface area contributed by atoms with E-state index in [1.165, 1.54) is 12.5 Å². The van der Waals surface area contributed by atoms with Crippen molar-refractivity contribution in [3.63, 3.8) is 0 Å². The first-order valence-corrected chi connectivity index (χ1v) is 11.3. The molecule has 7 heteroatoms. The normalized spacial score (nSPS) is 34.8. The number of hydrogen-bond donors (Lipinski definition) is 1. The lowest BCUT2D eigenvalue weighted by Gasteiger charge is -2.34. The van der Waals surface area contributed by atoms with E-state index in [9.17, 15) is 9.90 Å². The van der Waals surface area contributed by atoms with Gasteiger partial charge in [-0.15, -0.1) is 0 Å². The molecule has 164 valence electrons.